The van der Waals surface area contributed by atoms with Crippen molar-refractivity contribution >= 4 is 21.7 Å². The Kier molecular flexibility index (Phi) is 2.64. The lowest BCUT2D eigenvalue weighted by atomic mass is 10.0. The molecule has 2 nitrogen and oxygen atoms in total. The summed E-state index contributed by atoms with van der Waals surface area (Å²) in [7, 11) is 0. The zero-order chi connectivity index (χ0) is 11.1. The summed E-state index contributed by atoms with van der Waals surface area (Å²) >= 11 is 3.08. The number of hydrogen-bond donors (Lipinski definition) is 1. The fraction of sp³-hybridized carbons (Fsp3) is 0.364. The summed E-state index contributed by atoms with van der Waals surface area (Å²) in [5.41, 5.74) is 5.97. The second-order valence-electron chi connectivity index (χ2n) is 4.00. The molecule has 1 fully saturated rings. The molecule has 4 heteroatoms. The number of ketones is 1. The molecule has 0 heterocycles. The van der Waals surface area contributed by atoms with Crippen molar-refractivity contribution in [2.24, 2.45) is 5.73 Å². The van der Waals surface area contributed by atoms with Crippen LogP contribution in [0.4, 0.5) is 4.39 Å². The van der Waals surface area contributed by atoms with E-state index in [-0.39, 0.29) is 18.0 Å². The summed E-state index contributed by atoms with van der Waals surface area (Å²) < 4.78 is 13.3. The van der Waals surface area contributed by atoms with Gasteiger partial charge >= 0.3 is 0 Å². The van der Waals surface area contributed by atoms with Gasteiger partial charge in [0.1, 0.15) is 5.82 Å². The zero-order valence-corrected chi connectivity index (χ0v) is 9.68. The van der Waals surface area contributed by atoms with E-state index in [0.717, 1.165) is 18.4 Å². The van der Waals surface area contributed by atoms with Crippen LogP contribution in [0.5, 0.6) is 0 Å². The number of benzene rings is 1. The zero-order valence-electron chi connectivity index (χ0n) is 8.09. The Morgan fingerprint density at radius 1 is 1.53 bits per heavy atom. The standard InChI is InChI=1S/C11H11BrFNO/c12-8-5-7(1-2-9(8)13)6-10(15)11(14)3-4-11/h1-2,5H,3-4,6,14H2. The molecule has 0 amide bonds. The largest absolute Gasteiger partial charge is 0.319 e. The maximum Gasteiger partial charge on any atom is 0.156 e. The van der Waals surface area contributed by atoms with Gasteiger partial charge in [0.15, 0.2) is 5.78 Å². The molecule has 2 rings (SSSR count). The van der Waals surface area contributed by atoms with Gasteiger partial charge in [0, 0.05) is 6.42 Å². The van der Waals surface area contributed by atoms with Gasteiger partial charge in [-0.05, 0) is 46.5 Å². The van der Waals surface area contributed by atoms with Crippen molar-refractivity contribution in [1.29, 1.82) is 0 Å². The number of halogens is 2. The number of hydrogen-bond acceptors (Lipinski definition) is 2. The van der Waals surface area contributed by atoms with Crippen LogP contribution in [0.25, 0.3) is 0 Å². The molecule has 0 aromatic heterocycles. The van der Waals surface area contributed by atoms with Gasteiger partial charge in [0.25, 0.3) is 0 Å². The molecule has 2 N–H and O–H groups in total. The lowest BCUT2D eigenvalue weighted by Crippen LogP contribution is -2.34. The van der Waals surface area contributed by atoms with Crippen molar-refractivity contribution in [2.45, 2.75) is 24.8 Å². The molecule has 0 bridgehead atoms. The van der Waals surface area contributed by atoms with Gasteiger partial charge in [-0.1, -0.05) is 6.07 Å². The van der Waals surface area contributed by atoms with Gasteiger partial charge in [-0.2, -0.15) is 0 Å². The van der Waals surface area contributed by atoms with E-state index in [1.165, 1.54) is 6.07 Å². The average Bonchev–Trinajstić information content (AvgIpc) is 2.92. The molecule has 80 valence electrons. The second kappa shape index (κ2) is 3.68. The minimum atomic E-state index is -0.596. The highest BCUT2D eigenvalue weighted by atomic mass is 79.9. The number of rotatable bonds is 3. The summed E-state index contributed by atoms with van der Waals surface area (Å²) in [4.78, 5) is 11.7. The topological polar surface area (TPSA) is 43.1 Å². The fourth-order valence-electron chi connectivity index (χ4n) is 1.42. The number of carbonyl (C=O) groups is 1. The van der Waals surface area contributed by atoms with E-state index in [1.54, 1.807) is 12.1 Å². The van der Waals surface area contributed by atoms with Gasteiger partial charge in [0.05, 0.1) is 10.0 Å². The first-order valence-corrected chi connectivity index (χ1v) is 5.57. The first-order valence-electron chi connectivity index (χ1n) is 4.77. The van der Waals surface area contributed by atoms with Crippen molar-refractivity contribution < 1.29 is 9.18 Å². The third-order valence-electron chi connectivity index (χ3n) is 2.69. The summed E-state index contributed by atoms with van der Waals surface area (Å²) in [6.45, 7) is 0. The first-order chi connectivity index (χ1) is 7.01. The van der Waals surface area contributed by atoms with Crippen molar-refractivity contribution in [1.82, 2.24) is 0 Å². The Morgan fingerprint density at radius 3 is 2.73 bits per heavy atom. The average molecular weight is 272 g/mol. The third-order valence-corrected chi connectivity index (χ3v) is 3.30. The lowest BCUT2D eigenvalue weighted by molar-refractivity contribution is -0.120. The molecule has 0 unspecified atom stereocenters. The normalized spacial score (nSPS) is 17.5. The van der Waals surface area contributed by atoms with Crippen LogP contribution in [-0.2, 0) is 11.2 Å². The molecular formula is C11H11BrFNO. The maximum atomic E-state index is 12.9. The molecule has 15 heavy (non-hydrogen) atoms. The molecule has 1 aliphatic rings. The molecule has 0 aliphatic heterocycles. The number of Topliss-reactive ketones (excluding diaryl/α,β-unsaturated/α-hetero) is 1. The highest BCUT2D eigenvalue weighted by Gasteiger charge is 2.44. The monoisotopic (exact) mass is 271 g/mol. The van der Waals surface area contributed by atoms with Gasteiger partial charge in [-0.25, -0.2) is 4.39 Å². The minimum Gasteiger partial charge on any atom is -0.319 e. The van der Waals surface area contributed by atoms with Crippen LogP contribution in [0.2, 0.25) is 0 Å². The Balaban J connectivity index is 2.11. The first kappa shape index (κ1) is 10.8. The van der Waals surface area contributed by atoms with Crippen molar-refractivity contribution in [3.05, 3.63) is 34.1 Å². The van der Waals surface area contributed by atoms with E-state index < -0.39 is 5.54 Å². The molecule has 1 aliphatic carbocycles. The Hall–Kier alpha value is -0.740. The van der Waals surface area contributed by atoms with Crippen LogP contribution in [-0.4, -0.2) is 11.3 Å². The Bertz CT molecular complexity index is 415. The molecule has 1 aromatic carbocycles. The van der Waals surface area contributed by atoms with Crippen LogP contribution < -0.4 is 5.73 Å². The molecule has 1 saturated carbocycles. The van der Waals surface area contributed by atoms with E-state index in [2.05, 4.69) is 15.9 Å². The van der Waals surface area contributed by atoms with Gasteiger partial charge in [-0.3, -0.25) is 4.79 Å². The van der Waals surface area contributed by atoms with E-state index in [9.17, 15) is 9.18 Å². The van der Waals surface area contributed by atoms with Crippen LogP contribution >= 0.6 is 15.9 Å². The van der Waals surface area contributed by atoms with Gasteiger partial charge in [0.2, 0.25) is 0 Å². The van der Waals surface area contributed by atoms with Crippen molar-refractivity contribution in [2.75, 3.05) is 0 Å². The molecule has 0 atom stereocenters. The van der Waals surface area contributed by atoms with Crippen LogP contribution in [0.15, 0.2) is 22.7 Å². The highest BCUT2D eigenvalue weighted by molar-refractivity contribution is 9.10. The second-order valence-corrected chi connectivity index (χ2v) is 4.86. The Labute approximate surface area is 95.8 Å². The third kappa shape index (κ3) is 2.26. The van der Waals surface area contributed by atoms with Crippen LogP contribution in [0.3, 0.4) is 0 Å². The smallest absolute Gasteiger partial charge is 0.156 e. The van der Waals surface area contributed by atoms with E-state index >= 15 is 0 Å². The number of carbonyl (C=O) groups excluding carboxylic acids is 1. The van der Waals surface area contributed by atoms with Gasteiger partial charge < -0.3 is 5.73 Å². The van der Waals surface area contributed by atoms with Gasteiger partial charge in [-0.15, -0.1) is 0 Å². The van der Waals surface area contributed by atoms with E-state index in [1.807, 2.05) is 0 Å². The van der Waals surface area contributed by atoms with Crippen LogP contribution in [0.1, 0.15) is 18.4 Å². The maximum absolute atomic E-state index is 12.9. The predicted molar refractivity (Wildman–Crippen MR) is 59.0 cm³/mol. The molecule has 1 aromatic rings. The molecular weight excluding hydrogens is 261 g/mol. The summed E-state index contributed by atoms with van der Waals surface area (Å²) in [5.74, 6) is -0.277. The van der Waals surface area contributed by atoms with Crippen molar-refractivity contribution in [3.63, 3.8) is 0 Å². The molecule has 0 radical (unpaired) electrons. The highest BCUT2D eigenvalue weighted by Crippen LogP contribution is 2.34. The van der Waals surface area contributed by atoms with Crippen LogP contribution in [0, 0.1) is 5.82 Å². The SMILES string of the molecule is NC1(C(=O)Cc2ccc(F)c(Br)c2)CC1. The minimum absolute atomic E-state index is 0.0426. The summed E-state index contributed by atoms with van der Waals surface area (Å²) in [5, 5.41) is 0. The van der Waals surface area contributed by atoms with E-state index in [4.69, 9.17) is 5.73 Å². The van der Waals surface area contributed by atoms with E-state index in [0.29, 0.717) is 4.47 Å². The molecule has 0 spiro atoms. The number of nitrogens with two attached hydrogens (primary N) is 1. The quantitative estimate of drug-likeness (QED) is 0.916. The summed E-state index contributed by atoms with van der Waals surface area (Å²) in [6.07, 6.45) is 1.83. The summed E-state index contributed by atoms with van der Waals surface area (Å²) in [6, 6.07) is 4.59. The lowest BCUT2D eigenvalue weighted by Gasteiger charge is -2.07. The fourth-order valence-corrected chi connectivity index (χ4v) is 1.85. The molecule has 0 saturated heterocycles. The predicted octanol–water partition coefficient (Wildman–Crippen LogP) is 2.19. The Morgan fingerprint density at radius 2 is 2.20 bits per heavy atom. The van der Waals surface area contributed by atoms with Crippen molar-refractivity contribution in [3.8, 4) is 0 Å².